The first-order chi connectivity index (χ1) is 7.80. The molecule has 0 aromatic heterocycles. The Balaban J connectivity index is 0.000000770. The lowest BCUT2D eigenvalue weighted by Crippen LogP contribution is -2.08. The molecular weight excluding hydrogens is 218 g/mol. The van der Waals surface area contributed by atoms with Crippen LogP contribution in [0.15, 0.2) is 24.3 Å². The van der Waals surface area contributed by atoms with E-state index in [4.69, 9.17) is 0 Å². The lowest BCUT2D eigenvalue weighted by Gasteiger charge is -2.17. The van der Waals surface area contributed by atoms with Crippen LogP contribution in [0.1, 0.15) is 26.3 Å². The topological polar surface area (TPSA) is 52.4 Å². The molecule has 0 bridgehead atoms. The number of hydrogen-bond acceptors (Lipinski definition) is 3. The third-order valence-electron chi connectivity index (χ3n) is 1.88. The fraction of sp³-hybridized carbons (Fsp3) is 0.538. The molecule has 1 rings (SSSR count). The van der Waals surface area contributed by atoms with Crippen molar-refractivity contribution in [3.8, 4) is 0 Å². The van der Waals surface area contributed by atoms with Gasteiger partial charge in [-0.15, -0.1) is 0 Å². The van der Waals surface area contributed by atoms with Gasteiger partial charge in [0.2, 0.25) is 0 Å². The van der Waals surface area contributed by atoms with Gasteiger partial charge < -0.3 is 4.74 Å². The second-order valence-electron chi connectivity index (χ2n) is 5.07. The molecular formula is C13H21NO3. The van der Waals surface area contributed by atoms with Gasteiger partial charge in [-0.25, -0.2) is 0 Å². The van der Waals surface area contributed by atoms with E-state index in [1.165, 1.54) is 0 Å². The molecule has 4 heteroatoms. The average molecular weight is 239 g/mol. The van der Waals surface area contributed by atoms with Gasteiger partial charge in [0.05, 0.1) is 4.92 Å². The summed E-state index contributed by atoms with van der Waals surface area (Å²) in [4.78, 5) is 10.0. The molecule has 0 saturated carbocycles. The van der Waals surface area contributed by atoms with Crippen LogP contribution in [0.5, 0.6) is 0 Å². The van der Waals surface area contributed by atoms with Gasteiger partial charge in [0.1, 0.15) is 0 Å². The lowest BCUT2D eigenvalue weighted by molar-refractivity contribution is -0.384. The highest BCUT2D eigenvalue weighted by Crippen LogP contribution is 2.21. The van der Waals surface area contributed by atoms with E-state index in [0.717, 1.165) is 12.0 Å². The molecule has 4 nitrogen and oxygen atoms in total. The average Bonchev–Trinajstić information content (AvgIpc) is 2.17. The van der Waals surface area contributed by atoms with E-state index in [-0.39, 0.29) is 16.0 Å². The van der Waals surface area contributed by atoms with Crippen LogP contribution in [-0.4, -0.2) is 19.1 Å². The molecule has 0 radical (unpaired) electrons. The zero-order valence-corrected chi connectivity index (χ0v) is 11.2. The van der Waals surface area contributed by atoms with Gasteiger partial charge in [-0.2, -0.15) is 0 Å². The fourth-order valence-corrected chi connectivity index (χ4v) is 1.35. The minimum absolute atomic E-state index is 0.155. The molecule has 1 aromatic rings. The van der Waals surface area contributed by atoms with Crippen LogP contribution >= 0.6 is 0 Å². The summed E-state index contributed by atoms with van der Waals surface area (Å²) in [5.41, 5.74) is 1.52. The van der Waals surface area contributed by atoms with Gasteiger partial charge in [-0.3, -0.25) is 10.1 Å². The molecule has 0 N–H and O–H groups in total. The summed E-state index contributed by atoms with van der Waals surface area (Å²) < 4.78 is 4.25. The van der Waals surface area contributed by atoms with Crippen LogP contribution in [0.4, 0.5) is 5.69 Å². The van der Waals surface area contributed by atoms with Gasteiger partial charge in [0.15, 0.2) is 0 Å². The summed E-state index contributed by atoms with van der Waals surface area (Å²) in [6.45, 7) is 6.44. The first-order valence-electron chi connectivity index (χ1n) is 5.43. The maximum Gasteiger partial charge on any atom is 0.269 e. The summed E-state index contributed by atoms with van der Waals surface area (Å²) in [5, 5.41) is 10.4. The summed E-state index contributed by atoms with van der Waals surface area (Å²) in [7, 11) is 3.25. The molecule has 0 amide bonds. The van der Waals surface area contributed by atoms with E-state index in [0.29, 0.717) is 0 Å². The lowest BCUT2D eigenvalue weighted by atomic mass is 9.88. The van der Waals surface area contributed by atoms with Crippen LogP contribution < -0.4 is 0 Å². The molecule has 0 aliphatic rings. The van der Waals surface area contributed by atoms with Crippen molar-refractivity contribution in [2.24, 2.45) is 5.41 Å². The highest BCUT2D eigenvalue weighted by molar-refractivity contribution is 5.33. The van der Waals surface area contributed by atoms with Crippen LogP contribution in [0.2, 0.25) is 0 Å². The summed E-state index contributed by atoms with van der Waals surface area (Å²) in [6, 6.07) is 6.76. The standard InChI is InChI=1S/C11H15NO2.C2H6O/c1-11(2,3)8-9-4-6-10(7-5-9)12(13)14;1-3-2/h4-7H,8H2,1-3H3;1-2H3. The van der Waals surface area contributed by atoms with Crippen molar-refractivity contribution in [3.05, 3.63) is 39.9 Å². The number of nitrogens with zero attached hydrogens (tertiary/aromatic N) is 1. The minimum atomic E-state index is -0.374. The zero-order chi connectivity index (χ0) is 13.5. The number of ether oxygens (including phenoxy) is 1. The Labute approximate surface area is 103 Å². The number of methoxy groups -OCH3 is 1. The molecule has 0 heterocycles. The molecule has 1 aromatic carbocycles. The van der Waals surface area contributed by atoms with Crippen LogP contribution in [-0.2, 0) is 11.2 Å². The maximum absolute atomic E-state index is 10.4. The van der Waals surface area contributed by atoms with E-state index < -0.39 is 0 Å². The third-order valence-corrected chi connectivity index (χ3v) is 1.88. The van der Waals surface area contributed by atoms with Gasteiger partial charge >= 0.3 is 0 Å². The fourth-order valence-electron chi connectivity index (χ4n) is 1.35. The minimum Gasteiger partial charge on any atom is -0.388 e. The van der Waals surface area contributed by atoms with Crippen LogP contribution in [0.3, 0.4) is 0 Å². The van der Waals surface area contributed by atoms with Crippen molar-refractivity contribution in [2.75, 3.05) is 14.2 Å². The highest BCUT2D eigenvalue weighted by atomic mass is 16.6. The monoisotopic (exact) mass is 239 g/mol. The van der Waals surface area contributed by atoms with Gasteiger partial charge in [0, 0.05) is 26.4 Å². The Morgan fingerprint density at radius 1 is 1.18 bits per heavy atom. The van der Waals surface area contributed by atoms with Crippen molar-refractivity contribution in [3.63, 3.8) is 0 Å². The quantitative estimate of drug-likeness (QED) is 0.586. The smallest absolute Gasteiger partial charge is 0.269 e. The third kappa shape index (κ3) is 7.47. The predicted molar refractivity (Wildman–Crippen MR) is 69.2 cm³/mol. The van der Waals surface area contributed by atoms with Crippen molar-refractivity contribution in [1.82, 2.24) is 0 Å². The molecule has 96 valence electrons. The number of benzene rings is 1. The number of rotatable bonds is 2. The second-order valence-corrected chi connectivity index (χ2v) is 5.07. The first kappa shape index (κ1) is 15.6. The number of non-ortho nitro benzene ring substituents is 1. The molecule has 17 heavy (non-hydrogen) atoms. The van der Waals surface area contributed by atoms with E-state index in [2.05, 4.69) is 25.5 Å². The number of hydrogen-bond donors (Lipinski definition) is 0. The van der Waals surface area contributed by atoms with Crippen LogP contribution in [0, 0.1) is 15.5 Å². The molecule has 0 unspecified atom stereocenters. The highest BCUT2D eigenvalue weighted by Gasteiger charge is 2.12. The van der Waals surface area contributed by atoms with E-state index in [1.807, 2.05) is 12.1 Å². The summed E-state index contributed by atoms with van der Waals surface area (Å²) in [6.07, 6.45) is 0.936. The van der Waals surface area contributed by atoms with Gasteiger partial charge in [-0.1, -0.05) is 32.9 Å². The summed E-state index contributed by atoms with van der Waals surface area (Å²) >= 11 is 0. The first-order valence-corrected chi connectivity index (χ1v) is 5.43. The Hall–Kier alpha value is -1.42. The van der Waals surface area contributed by atoms with Gasteiger partial charge in [0.25, 0.3) is 5.69 Å². The largest absolute Gasteiger partial charge is 0.388 e. The molecule has 0 aliphatic heterocycles. The Kier molecular flexibility index (Phi) is 6.43. The molecule has 0 fully saturated rings. The predicted octanol–water partition coefficient (Wildman–Crippen LogP) is 3.45. The van der Waals surface area contributed by atoms with Gasteiger partial charge in [-0.05, 0) is 17.4 Å². The Morgan fingerprint density at radius 2 is 1.59 bits per heavy atom. The SMILES string of the molecule is CC(C)(C)Cc1ccc([N+](=O)[O-])cc1.COC. The molecule has 0 atom stereocenters. The molecule has 0 aliphatic carbocycles. The Morgan fingerprint density at radius 3 is 1.88 bits per heavy atom. The van der Waals surface area contributed by atoms with Crippen molar-refractivity contribution >= 4 is 5.69 Å². The zero-order valence-electron chi connectivity index (χ0n) is 11.2. The number of nitro benzene ring substituents is 1. The second kappa shape index (κ2) is 7.01. The van der Waals surface area contributed by atoms with E-state index in [9.17, 15) is 10.1 Å². The molecule has 0 spiro atoms. The van der Waals surface area contributed by atoms with E-state index in [1.54, 1.807) is 26.4 Å². The summed E-state index contributed by atoms with van der Waals surface area (Å²) in [5.74, 6) is 0. The van der Waals surface area contributed by atoms with Crippen molar-refractivity contribution < 1.29 is 9.66 Å². The van der Waals surface area contributed by atoms with E-state index >= 15 is 0 Å². The van der Waals surface area contributed by atoms with Crippen LogP contribution in [0.25, 0.3) is 0 Å². The van der Waals surface area contributed by atoms with Crippen molar-refractivity contribution in [1.29, 1.82) is 0 Å². The maximum atomic E-state index is 10.4. The Bertz CT molecular complexity index is 339. The van der Waals surface area contributed by atoms with Crippen molar-refractivity contribution in [2.45, 2.75) is 27.2 Å². The number of nitro groups is 1. The molecule has 0 saturated heterocycles. The normalized spacial score (nSPS) is 10.4.